The number of aliphatic carboxylic acids is 1. The van der Waals surface area contributed by atoms with Crippen LogP contribution in [0, 0.1) is 5.82 Å². The van der Waals surface area contributed by atoms with Gasteiger partial charge in [-0.3, -0.25) is 14.9 Å². The van der Waals surface area contributed by atoms with E-state index < -0.39 is 41.5 Å². The number of rotatable bonds is 9. The topological polar surface area (TPSA) is 120 Å². The highest BCUT2D eigenvalue weighted by molar-refractivity contribution is 7.22. The maximum Gasteiger partial charge on any atom is 0.417 e. The molecule has 1 unspecified atom stereocenters. The lowest BCUT2D eigenvalue weighted by molar-refractivity contribution is -0.137. The molecule has 13 heteroatoms. The second-order valence-corrected chi connectivity index (χ2v) is 11.9. The van der Waals surface area contributed by atoms with E-state index >= 15 is 0 Å². The van der Waals surface area contributed by atoms with E-state index in [1.807, 2.05) is 24.3 Å². The van der Waals surface area contributed by atoms with Gasteiger partial charge in [-0.1, -0.05) is 67.0 Å². The summed E-state index contributed by atoms with van der Waals surface area (Å²) < 4.78 is 54.1. The van der Waals surface area contributed by atoms with Crippen LogP contribution >= 0.6 is 11.3 Å². The molecule has 1 fully saturated rings. The third kappa shape index (κ3) is 7.96. The smallest absolute Gasteiger partial charge is 0.417 e. The number of thiazole rings is 1. The molecule has 1 heterocycles. The van der Waals surface area contributed by atoms with Crippen LogP contribution in [0.5, 0.6) is 0 Å². The van der Waals surface area contributed by atoms with E-state index in [4.69, 9.17) is 5.11 Å². The zero-order chi connectivity index (χ0) is 32.1. The average molecular weight is 643 g/mol. The van der Waals surface area contributed by atoms with Crippen LogP contribution in [-0.2, 0) is 11.0 Å². The van der Waals surface area contributed by atoms with Gasteiger partial charge in [-0.05, 0) is 53.6 Å². The highest BCUT2D eigenvalue weighted by Crippen LogP contribution is 2.39. The monoisotopic (exact) mass is 642 g/mol. The van der Waals surface area contributed by atoms with Gasteiger partial charge in [-0.2, -0.15) is 13.2 Å². The summed E-state index contributed by atoms with van der Waals surface area (Å²) in [5.41, 5.74) is 1.44. The quantitative estimate of drug-likeness (QED) is 0.140. The number of fused-ring (bicyclic) bond motifs is 1. The van der Waals surface area contributed by atoms with Gasteiger partial charge in [0.2, 0.25) is 0 Å². The first-order chi connectivity index (χ1) is 21.5. The molecule has 0 saturated heterocycles. The Morgan fingerprint density at radius 2 is 1.60 bits per heavy atom. The highest BCUT2D eigenvalue weighted by Gasteiger charge is 2.34. The van der Waals surface area contributed by atoms with Crippen LogP contribution in [0.4, 0.5) is 27.5 Å². The van der Waals surface area contributed by atoms with Crippen molar-refractivity contribution < 1.29 is 37.1 Å². The molecule has 1 saturated carbocycles. The summed E-state index contributed by atoms with van der Waals surface area (Å²) in [6.45, 7) is -0.0313. The van der Waals surface area contributed by atoms with E-state index in [1.54, 1.807) is 24.3 Å². The van der Waals surface area contributed by atoms with E-state index in [9.17, 15) is 31.9 Å². The maximum atomic E-state index is 13.9. The molecule has 3 aromatic carbocycles. The van der Waals surface area contributed by atoms with Crippen LogP contribution in [0.15, 0.2) is 60.7 Å². The Kier molecular flexibility index (Phi) is 9.66. The molecule has 0 radical (unpaired) electrons. The van der Waals surface area contributed by atoms with Crippen molar-refractivity contribution in [3.63, 3.8) is 0 Å². The fourth-order valence-corrected chi connectivity index (χ4v) is 6.47. The number of carbonyl (C=O) groups excluding carboxylic acids is 2. The molecule has 4 aromatic rings. The van der Waals surface area contributed by atoms with Gasteiger partial charge in [-0.15, -0.1) is 0 Å². The van der Waals surface area contributed by atoms with Gasteiger partial charge in [0.15, 0.2) is 5.13 Å². The first kappa shape index (κ1) is 31.9. The molecule has 3 amide bonds. The largest absolute Gasteiger partial charge is 0.481 e. The van der Waals surface area contributed by atoms with Gasteiger partial charge < -0.3 is 15.7 Å². The fourth-order valence-electron chi connectivity index (χ4n) is 5.49. The van der Waals surface area contributed by atoms with Gasteiger partial charge in [0.25, 0.3) is 5.91 Å². The zero-order valence-corrected chi connectivity index (χ0v) is 24.7. The minimum absolute atomic E-state index is 0.0313. The Balaban J connectivity index is 1.38. The van der Waals surface area contributed by atoms with Gasteiger partial charge in [0.05, 0.1) is 28.2 Å². The van der Waals surface area contributed by atoms with Crippen LogP contribution in [0.25, 0.3) is 10.2 Å². The summed E-state index contributed by atoms with van der Waals surface area (Å²) in [7, 11) is 0. The molecule has 236 valence electrons. The number of benzene rings is 3. The van der Waals surface area contributed by atoms with Crippen molar-refractivity contribution in [1.29, 1.82) is 0 Å². The molecule has 8 nitrogen and oxygen atoms in total. The Morgan fingerprint density at radius 3 is 2.22 bits per heavy atom. The van der Waals surface area contributed by atoms with Crippen LogP contribution in [0.1, 0.15) is 83.1 Å². The van der Waals surface area contributed by atoms with Crippen LogP contribution in [0.2, 0.25) is 0 Å². The van der Waals surface area contributed by atoms with E-state index in [-0.39, 0.29) is 28.3 Å². The highest BCUT2D eigenvalue weighted by atomic mass is 32.1. The van der Waals surface area contributed by atoms with Crippen molar-refractivity contribution in [3.8, 4) is 0 Å². The number of aromatic nitrogens is 1. The number of carbonyl (C=O) groups is 3. The normalized spacial score (nSPS) is 14.6. The van der Waals surface area contributed by atoms with Gasteiger partial charge >= 0.3 is 18.2 Å². The molecule has 1 aromatic heterocycles. The number of carboxylic acid groups (broad SMARTS) is 1. The third-order valence-corrected chi connectivity index (χ3v) is 8.75. The van der Waals surface area contributed by atoms with Crippen molar-refractivity contribution in [1.82, 2.24) is 15.6 Å². The molecule has 1 aliphatic carbocycles. The molecule has 1 atom stereocenters. The second kappa shape index (κ2) is 13.6. The van der Waals surface area contributed by atoms with Gasteiger partial charge in [0, 0.05) is 18.2 Å². The first-order valence-corrected chi connectivity index (χ1v) is 15.2. The third-order valence-electron chi connectivity index (χ3n) is 7.73. The molecule has 0 aliphatic heterocycles. The average Bonchev–Trinajstić information content (AvgIpc) is 3.41. The Labute approximate surface area is 259 Å². The summed E-state index contributed by atoms with van der Waals surface area (Å²) >= 11 is 0.587. The fraction of sp³-hybridized carbons (Fsp3) is 0.312. The Bertz CT molecular complexity index is 1680. The Hall–Kier alpha value is -4.52. The zero-order valence-electron chi connectivity index (χ0n) is 23.9. The van der Waals surface area contributed by atoms with E-state index in [1.165, 1.54) is 24.8 Å². The molecule has 1 aliphatic rings. The number of halogens is 4. The summed E-state index contributed by atoms with van der Waals surface area (Å²) in [5.74, 6) is -2.11. The molecule has 0 spiro atoms. The van der Waals surface area contributed by atoms with Crippen LogP contribution in [-0.4, -0.2) is 34.5 Å². The minimum Gasteiger partial charge on any atom is -0.481 e. The van der Waals surface area contributed by atoms with Gasteiger partial charge in [-0.25, -0.2) is 14.2 Å². The maximum absolute atomic E-state index is 13.9. The summed E-state index contributed by atoms with van der Waals surface area (Å²) in [4.78, 5) is 40.4. The molecule has 4 N–H and O–H groups in total. The number of amides is 3. The molecular weight excluding hydrogens is 612 g/mol. The lowest BCUT2D eigenvalue weighted by Crippen LogP contribution is -2.33. The summed E-state index contributed by atoms with van der Waals surface area (Å²) in [5, 5.41) is 16.5. The molecular formula is C32H30F4N4O4S. The molecule has 5 rings (SSSR count). The minimum atomic E-state index is -4.80. The van der Waals surface area contributed by atoms with Crippen molar-refractivity contribution in [2.45, 2.75) is 56.7 Å². The lowest BCUT2D eigenvalue weighted by atomic mass is 9.83. The number of hydrogen-bond donors (Lipinski definition) is 4. The Morgan fingerprint density at radius 1 is 0.956 bits per heavy atom. The second-order valence-electron chi connectivity index (χ2n) is 10.9. The van der Waals surface area contributed by atoms with Gasteiger partial charge in [0.1, 0.15) is 5.82 Å². The van der Waals surface area contributed by atoms with E-state index in [2.05, 4.69) is 20.9 Å². The van der Waals surface area contributed by atoms with E-state index in [0.29, 0.717) is 34.4 Å². The van der Waals surface area contributed by atoms with Crippen LogP contribution in [0.3, 0.4) is 0 Å². The molecule has 45 heavy (non-hydrogen) atoms. The SMILES string of the molecule is O=C(O)CCNC(=O)c1ccc(C(NC(=O)Nc2nc3cc(F)cc(C(F)(F)F)c3s2)c2ccc(C3CCCCC3)cc2)cc1. The predicted molar refractivity (Wildman–Crippen MR) is 162 cm³/mol. The van der Waals surface area contributed by atoms with Crippen molar-refractivity contribution in [2.24, 2.45) is 0 Å². The number of anilines is 1. The summed E-state index contributed by atoms with van der Waals surface area (Å²) in [6.07, 6.45) is 0.780. The first-order valence-electron chi connectivity index (χ1n) is 14.4. The predicted octanol–water partition coefficient (Wildman–Crippen LogP) is 7.62. The number of alkyl halides is 3. The van der Waals surface area contributed by atoms with Crippen molar-refractivity contribution >= 4 is 44.6 Å². The standard InChI is InChI=1S/C32H30F4N4O4S/c33-23-16-24(32(34,35)36)28-25(17-23)38-31(45-28)40-30(44)39-27(20-8-6-19(7-9-20)18-4-2-1-3-5-18)21-10-12-22(13-11-21)29(43)37-15-14-26(41)42/h6-13,16-18,27H,1-5,14-15H2,(H,37,43)(H,41,42)(H2,38,39,40,44). The lowest BCUT2D eigenvalue weighted by Gasteiger charge is -2.24. The number of carboxylic acids is 1. The van der Waals surface area contributed by atoms with Crippen LogP contribution < -0.4 is 16.0 Å². The number of hydrogen-bond acceptors (Lipinski definition) is 5. The van der Waals surface area contributed by atoms with E-state index in [0.717, 1.165) is 24.5 Å². The summed E-state index contributed by atoms with van der Waals surface area (Å²) in [6, 6.07) is 14.1. The number of nitrogens with one attached hydrogen (secondary N) is 3. The van der Waals surface area contributed by atoms with Crippen molar-refractivity contribution in [2.75, 3.05) is 11.9 Å². The van der Waals surface area contributed by atoms with Crippen molar-refractivity contribution in [3.05, 3.63) is 94.3 Å². The number of nitrogens with zero attached hydrogens (tertiary/aromatic N) is 1. The number of urea groups is 1. The molecule has 0 bridgehead atoms.